The summed E-state index contributed by atoms with van der Waals surface area (Å²) in [6.45, 7) is 2.37. The summed E-state index contributed by atoms with van der Waals surface area (Å²) in [5.41, 5.74) is 1.33. The van der Waals surface area contributed by atoms with Gasteiger partial charge in [0.25, 0.3) is 0 Å². The molecule has 31 heavy (non-hydrogen) atoms. The normalized spacial score (nSPS) is 11.1. The average Bonchev–Trinajstić information content (AvgIpc) is 3.14. The second-order valence-electron chi connectivity index (χ2n) is 8.48. The van der Waals surface area contributed by atoms with Crippen molar-refractivity contribution in [2.75, 3.05) is 0 Å². The number of unbranched alkanes of at least 4 members (excludes halogenated alkanes) is 12. The third-order valence-corrected chi connectivity index (χ3v) is 5.87. The molecule has 0 bridgehead atoms. The lowest BCUT2D eigenvalue weighted by molar-refractivity contribution is -0.145. The zero-order valence-corrected chi connectivity index (χ0v) is 19.1. The van der Waals surface area contributed by atoms with E-state index < -0.39 is 6.09 Å². The molecule has 0 saturated carbocycles. The molecule has 0 aliphatic carbocycles. The number of nitrogens with zero attached hydrogens (tertiary/aromatic N) is 1. The van der Waals surface area contributed by atoms with Gasteiger partial charge in [-0.2, -0.15) is 0 Å². The van der Waals surface area contributed by atoms with Crippen LogP contribution in [0.5, 0.6) is 0 Å². The van der Waals surface area contributed by atoms with Gasteiger partial charge >= 0.3 is 12.1 Å². The number of aromatic nitrogens is 1. The van der Waals surface area contributed by atoms with E-state index in [9.17, 15) is 14.7 Å². The van der Waals surface area contributed by atoms with Gasteiger partial charge in [0.2, 0.25) is 0 Å². The van der Waals surface area contributed by atoms with Gasteiger partial charge in [0.1, 0.15) is 6.61 Å². The molecule has 2 aromatic rings. The van der Waals surface area contributed by atoms with E-state index in [0.717, 1.165) is 23.8 Å². The van der Waals surface area contributed by atoms with Gasteiger partial charge < -0.3 is 9.84 Å². The van der Waals surface area contributed by atoms with Gasteiger partial charge in [0.05, 0.1) is 5.52 Å². The standard InChI is InChI=1S/C26H39NO4/c1-2-3-4-5-6-7-8-9-10-11-12-13-14-19-25(28)31-21-22-20-27(26(29)30)24-18-16-15-17-23(22)24/h15-18,20H,2-14,19,21H2,1H3,(H,29,30). The van der Waals surface area contributed by atoms with Crippen LogP contribution in [0.25, 0.3) is 10.9 Å². The SMILES string of the molecule is CCCCCCCCCCCCCCCC(=O)OCc1cn(C(=O)O)c2ccccc12. The summed E-state index contributed by atoms with van der Waals surface area (Å²) >= 11 is 0. The Labute approximate surface area is 186 Å². The number of carboxylic acid groups (broad SMARTS) is 1. The number of hydrogen-bond acceptors (Lipinski definition) is 3. The molecule has 1 aromatic heterocycles. The van der Waals surface area contributed by atoms with Crippen molar-refractivity contribution in [2.24, 2.45) is 0 Å². The quantitative estimate of drug-likeness (QED) is 0.219. The van der Waals surface area contributed by atoms with Gasteiger partial charge in [-0.1, -0.05) is 102 Å². The van der Waals surface area contributed by atoms with Crippen LogP contribution in [0, 0.1) is 0 Å². The first-order valence-corrected chi connectivity index (χ1v) is 12.1. The molecular formula is C26H39NO4. The first-order chi connectivity index (χ1) is 15.1. The molecule has 0 amide bonds. The fourth-order valence-corrected chi connectivity index (χ4v) is 4.04. The van der Waals surface area contributed by atoms with Gasteiger partial charge in [-0.3, -0.25) is 9.36 Å². The molecule has 5 heteroatoms. The molecule has 0 fully saturated rings. The summed E-state index contributed by atoms with van der Waals surface area (Å²) in [4.78, 5) is 23.4. The zero-order chi connectivity index (χ0) is 22.3. The molecule has 1 aromatic carbocycles. The predicted octanol–water partition coefficient (Wildman–Crippen LogP) is 7.69. The van der Waals surface area contributed by atoms with Crippen molar-refractivity contribution in [1.82, 2.24) is 4.57 Å². The number of esters is 1. The lowest BCUT2D eigenvalue weighted by atomic mass is 10.0. The Bertz CT molecular complexity index is 796. The number of rotatable bonds is 16. The fourth-order valence-electron chi connectivity index (χ4n) is 4.04. The molecule has 1 heterocycles. The lowest BCUT2D eigenvalue weighted by Gasteiger charge is -2.05. The second kappa shape index (κ2) is 14.7. The summed E-state index contributed by atoms with van der Waals surface area (Å²) in [7, 11) is 0. The first kappa shape index (κ1) is 25.0. The molecule has 0 radical (unpaired) electrons. The maximum atomic E-state index is 12.0. The molecule has 0 atom stereocenters. The molecule has 0 aliphatic rings. The number of fused-ring (bicyclic) bond motifs is 1. The molecule has 172 valence electrons. The van der Waals surface area contributed by atoms with E-state index in [-0.39, 0.29) is 12.6 Å². The topological polar surface area (TPSA) is 68.5 Å². The van der Waals surface area contributed by atoms with Crippen molar-refractivity contribution < 1.29 is 19.4 Å². The number of para-hydroxylation sites is 1. The average molecular weight is 430 g/mol. The van der Waals surface area contributed by atoms with E-state index in [1.807, 2.05) is 12.1 Å². The molecule has 0 aliphatic heterocycles. The third kappa shape index (κ3) is 9.16. The minimum absolute atomic E-state index is 0.109. The van der Waals surface area contributed by atoms with Crippen LogP contribution < -0.4 is 0 Å². The van der Waals surface area contributed by atoms with E-state index in [1.54, 1.807) is 12.1 Å². The molecule has 0 saturated heterocycles. The Balaban J connectivity index is 1.52. The molecule has 5 nitrogen and oxygen atoms in total. The summed E-state index contributed by atoms with van der Waals surface area (Å²) < 4.78 is 6.56. The van der Waals surface area contributed by atoms with E-state index in [2.05, 4.69) is 6.92 Å². The number of benzene rings is 1. The van der Waals surface area contributed by atoms with Crippen LogP contribution in [0.3, 0.4) is 0 Å². The second-order valence-corrected chi connectivity index (χ2v) is 8.48. The maximum absolute atomic E-state index is 12.0. The monoisotopic (exact) mass is 429 g/mol. The Morgan fingerprint density at radius 2 is 1.39 bits per heavy atom. The molecule has 0 unspecified atom stereocenters. The third-order valence-electron chi connectivity index (χ3n) is 5.87. The van der Waals surface area contributed by atoms with Crippen molar-refractivity contribution in [3.8, 4) is 0 Å². The van der Waals surface area contributed by atoms with Crippen LogP contribution in [0.1, 0.15) is 102 Å². The largest absolute Gasteiger partial charge is 0.464 e. The smallest absolute Gasteiger partial charge is 0.416 e. The summed E-state index contributed by atoms with van der Waals surface area (Å²) in [6.07, 6.45) is 17.5. The van der Waals surface area contributed by atoms with Crippen LogP contribution in [0.15, 0.2) is 30.5 Å². The van der Waals surface area contributed by atoms with Crippen LogP contribution in [0.4, 0.5) is 4.79 Å². The number of ether oxygens (including phenoxy) is 1. The fraction of sp³-hybridized carbons (Fsp3) is 0.615. The van der Waals surface area contributed by atoms with Crippen molar-refractivity contribution in [3.63, 3.8) is 0 Å². The predicted molar refractivity (Wildman–Crippen MR) is 125 cm³/mol. The highest BCUT2D eigenvalue weighted by Gasteiger charge is 2.13. The Morgan fingerprint density at radius 3 is 1.97 bits per heavy atom. The first-order valence-electron chi connectivity index (χ1n) is 12.1. The van der Waals surface area contributed by atoms with Crippen molar-refractivity contribution in [1.29, 1.82) is 0 Å². The van der Waals surface area contributed by atoms with E-state index in [1.165, 1.54) is 81.4 Å². The summed E-state index contributed by atoms with van der Waals surface area (Å²) in [6, 6.07) is 7.26. The van der Waals surface area contributed by atoms with Gasteiger partial charge in [0.15, 0.2) is 0 Å². The minimum atomic E-state index is -1.04. The number of carbonyl (C=O) groups is 2. The highest BCUT2D eigenvalue weighted by atomic mass is 16.5. The van der Waals surface area contributed by atoms with Gasteiger partial charge in [-0.05, 0) is 12.5 Å². The summed E-state index contributed by atoms with van der Waals surface area (Å²) in [5.74, 6) is -0.213. The van der Waals surface area contributed by atoms with Gasteiger partial charge in [-0.15, -0.1) is 0 Å². The van der Waals surface area contributed by atoms with Crippen LogP contribution >= 0.6 is 0 Å². The van der Waals surface area contributed by atoms with Crippen molar-refractivity contribution >= 4 is 23.0 Å². The Hall–Kier alpha value is -2.30. The van der Waals surface area contributed by atoms with E-state index >= 15 is 0 Å². The highest BCUT2D eigenvalue weighted by Crippen LogP contribution is 2.22. The molecule has 1 N–H and O–H groups in total. The molecular weight excluding hydrogens is 390 g/mol. The van der Waals surface area contributed by atoms with Crippen molar-refractivity contribution in [2.45, 2.75) is 103 Å². The maximum Gasteiger partial charge on any atom is 0.416 e. The van der Waals surface area contributed by atoms with E-state index in [0.29, 0.717) is 11.9 Å². The van der Waals surface area contributed by atoms with Gasteiger partial charge in [-0.25, -0.2) is 4.79 Å². The van der Waals surface area contributed by atoms with Crippen LogP contribution in [0.2, 0.25) is 0 Å². The Kier molecular flexibility index (Phi) is 11.8. The summed E-state index contributed by atoms with van der Waals surface area (Å²) in [5, 5.41) is 10.1. The molecule has 2 rings (SSSR count). The van der Waals surface area contributed by atoms with E-state index in [4.69, 9.17) is 4.74 Å². The highest BCUT2D eigenvalue weighted by molar-refractivity contribution is 5.91. The Morgan fingerprint density at radius 1 is 0.839 bits per heavy atom. The number of hydrogen-bond donors (Lipinski definition) is 1. The van der Waals surface area contributed by atoms with Crippen molar-refractivity contribution in [3.05, 3.63) is 36.0 Å². The number of carbonyl (C=O) groups excluding carboxylic acids is 1. The van der Waals surface area contributed by atoms with Gasteiger partial charge in [0, 0.05) is 23.6 Å². The minimum Gasteiger partial charge on any atom is -0.464 e. The van der Waals surface area contributed by atoms with Crippen LogP contribution in [-0.2, 0) is 16.1 Å². The molecule has 0 spiro atoms. The lowest BCUT2D eigenvalue weighted by Crippen LogP contribution is -2.06. The zero-order valence-electron chi connectivity index (χ0n) is 19.1. The van der Waals surface area contributed by atoms with Crippen LogP contribution in [-0.4, -0.2) is 21.7 Å².